The topological polar surface area (TPSA) is 115 Å². The summed E-state index contributed by atoms with van der Waals surface area (Å²) >= 11 is 5.90. The van der Waals surface area contributed by atoms with Crippen LogP contribution < -0.4 is 4.74 Å². The summed E-state index contributed by atoms with van der Waals surface area (Å²) in [5, 5.41) is 15.7. The van der Waals surface area contributed by atoms with Crippen LogP contribution in [0.2, 0.25) is 5.02 Å². The van der Waals surface area contributed by atoms with E-state index in [1.807, 2.05) is 12.1 Å². The van der Waals surface area contributed by atoms with Gasteiger partial charge in [-0.15, -0.1) is 0 Å². The third-order valence-corrected chi connectivity index (χ3v) is 5.32. The number of amides is 1. The Kier molecular flexibility index (Phi) is 6.62. The first-order chi connectivity index (χ1) is 15.5. The van der Waals surface area contributed by atoms with Gasteiger partial charge in [-0.2, -0.15) is 4.98 Å². The van der Waals surface area contributed by atoms with Crippen LogP contribution in [0.25, 0.3) is 11.4 Å². The molecule has 3 aromatic rings. The van der Waals surface area contributed by atoms with Gasteiger partial charge < -0.3 is 14.2 Å². The summed E-state index contributed by atoms with van der Waals surface area (Å²) in [6, 6.07) is 13.2. The maximum atomic E-state index is 12.5. The highest BCUT2D eigenvalue weighted by Crippen LogP contribution is 2.26. The van der Waals surface area contributed by atoms with Crippen molar-refractivity contribution in [3.05, 3.63) is 69.6 Å². The SMILES string of the molecule is O=C(COc1ccccc1[N+](=O)[O-])N1CCN(Cc2nc(-c3ccc(Cl)cc3)no2)CC1. The number of para-hydroxylation sites is 2. The van der Waals surface area contributed by atoms with Gasteiger partial charge in [-0.05, 0) is 30.3 Å². The molecule has 0 radical (unpaired) electrons. The summed E-state index contributed by atoms with van der Waals surface area (Å²) in [4.78, 5) is 31.2. The molecule has 1 aliphatic rings. The van der Waals surface area contributed by atoms with Crippen LogP contribution in [0.4, 0.5) is 5.69 Å². The highest BCUT2D eigenvalue weighted by atomic mass is 35.5. The molecule has 1 fully saturated rings. The number of hydrogen-bond donors (Lipinski definition) is 0. The molecule has 32 heavy (non-hydrogen) atoms. The summed E-state index contributed by atoms with van der Waals surface area (Å²) in [6.07, 6.45) is 0. The number of halogens is 1. The molecule has 1 amide bonds. The van der Waals surface area contributed by atoms with Crippen molar-refractivity contribution in [2.45, 2.75) is 6.54 Å². The van der Waals surface area contributed by atoms with E-state index in [9.17, 15) is 14.9 Å². The van der Waals surface area contributed by atoms with Gasteiger partial charge in [0.05, 0.1) is 11.5 Å². The maximum Gasteiger partial charge on any atom is 0.310 e. The molecule has 1 saturated heterocycles. The Labute approximate surface area is 188 Å². The molecule has 11 heteroatoms. The second kappa shape index (κ2) is 9.75. The number of ether oxygens (including phenoxy) is 1. The minimum absolute atomic E-state index is 0.0809. The number of piperazine rings is 1. The zero-order valence-corrected chi connectivity index (χ0v) is 17.8. The van der Waals surface area contributed by atoms with E-state index in [0.717, 1.165) is 5.56 Å². The number of benzene rings is 2. The van der Waals surface area contributed by atoms with Crippen LogP contribution in [0.15, 0.2) is 53.1 Å². The van der Waals surface area contributed by atoms with Gasteiger partial charge in [0.15, 0.2) is 12.4 Å². The lowest BCUT2D eigenvalue weighted by Crippen LogP contribution is -2.49. The van der Waals surface area contributed by atoms with Crippen molar-refractivity contribution in [3.63, 3.8) is 0 Å². The normalized spacial score (nSPS) is 14.3. The van der Waals surface area contributed by atoms with E-state index in [-0.39, 0.29) is 24.0 Å². The Hall–Kier alpha value is -3.50. The number of rotatable bonds is 7. The van der Waals surface area contributed by atoms with Gasteiger partial charge in [0.25, 0.3) is 5.91 Å². The van der Waals surface area contributed by atoms with Crippen molar-refractivity contribution in [3.8, 4) is 17.1 Å². The Morgan fingerprint density at radius 1 is 1.12 bits per heavy atom. The first-order valence-electron chi connectivity index (χ1n) is 9.94. The van der Waals surface area contributed by atoms with E-state index in [2.05, 4.69) is 15.0 Å². The van der Waals surface area contributed by atoms with Crippen molar-refractivity contribution in [2.24, 2.45) is 0 Å². The van der Waals surface area contributed by atoms with E-state index in [0.29, 0.717) is 49.5 Å². The van der Waals surface area contributed by atoms with E-state index in [1.54, 1.807) is 29.2 Å². The first kappa shape index (κ1) is 21.7. The molecule has 10 nitrogen and oxygen atoms in total. The Morgan fingerprint density at radius 2 is 1.84 bits per heavy atom. The summed E-state index contributed by atoms with van der Waals surface area (Å²) in [7, 11) is 0. The lowest BCUT2D eigenvalue weighted by molar-refractivity contribution is -0.385. The lowest BCUT2D eigenvalue weighted by atomic mass is 10.2. The molecule has 0 saturated carbocycles. The third kappa shape index (κ3) is 5.21. The molecule has 0 aliphatic carbocycles. The van der Waals surface area contributed by atoms with Crippen molar-refractivity contribution in [2.75, 3.05) is 32.8 Å². The molecule has 2 aromatic carbocycles. The highest BCUT2D eigenvalue weighted by molar-refractivity contribution is 6.30. The van der Waals surface area contributed by atoms with Gasteiger partial charge in [-0.25, -0.2) is 0 Å². The fraction of sp³-hybridized carbons (Fsp3) is 0.286. The van der Waals surface area contributed by atoms with E-state index in [4.69, 9.17) is 20.9 Å². The number of carbonyl (C=O) groups excluding carboxylic acids is 1. The van der Waals surface area contributed by atoms with Gasteiger partial charge in [0.1, 0.15) is 0 Å². The standard InChI is InChI=1S/C21H20ClN5O5/c22-16-7-5-15(6-8-16)21-23-19(32-24-21)13-25-9-11-26(12-10-25)20(28)14-31-18-4-2-1-3-17(18)27(29)30/h1-8H,9-14H2. The van der Waals surface area contributed by atoms with Crippen LogP contribution in [0.3, 0.4) is 0 Å². The van der Waals surface area contributed by atoms with E-state index in [1.165, 1.54) is 12.1 Å². The van der Waals surface area contributed by atoms with Gasteiger partial charge >= 0.3 is 5.69 Å². The molecule has 1 aromatic heterocycles. The minimum atomic E-state index is -0.533. The van der Waals surface area contributed by atoms with Crippen LogP contribution in [-0.2, 0) is 11.3 Å². The molecular weight excluding hydrogens is 438 g/mol. The molecule has 1 aliphatic heterocycles. The number of nitro benzene ring substituents is 1. The second-order valence-electron chi connectivity index (χ2n) is 7.19. The molecule has 0 spiro atoms. The number of nitrogens with zero attached hydrogens (tertiary/aromatic N) is 5. The molecule has 2 heterocycles. The van der Waals surface area contributed by atoms with Gasteiger partial charge in [-0.1, -0.05) is 28.9 Å². The van der Waals surface area contributed by atoms with E-state index >= 15 is 0 Å². The van der Waals surface area contributed by atoms with Gasteiger partial charge in [-0.3, -0.25) is 19.8 Å². The molecule has 0 atom stereocenters. The molecule has 0 unspecified atom stereocenters. The fourth-order valence-electron chi connectivity index (χ4n) is 3.34. The van der Waals surface area contributed by atoms with Crippen LogP contribution in [0.1, 0.15) is 5.89 Å². The molecule has 166 valence electrons. The number of nitro groups is 1. The first-order valence-corrected chi connectivity index (χ1v) is 10.3. The number of carbonyl (C=O) groups is 1. The van der Waals surface area contributed by atoms with E-state index < -0.39 is 4.92 Å². The lowest BCUT2D eigenvalue weighted by Gasteiger charge is -2.33. The molecule has 0 N–H and O–H groups in total. The second-order valence-corrected chi connectivity index (χ2v) is 7.63. The van der Waals surface area contributed by atoms with Crippen molar-refractivity contribution in [1.82, 2.24) is 19.9 Å². The van der Waals surface area contributed by atoms with Crippen LogP contribution >= 0.6 is 11.6 Å². The quantitative estimate of drug-likeness (QED) is 0.392. The van der Waals surface area contributed by atoms with Gasteiger partial charge in [0.2, 0.25) is 11.7 Å². The average Bonchev–Trinajstić information content (AvgIpc) is 3.27. The zero-order valence-electron chi connectivity index (χ0n) is 17.0. The maximum absolute atomic E-state index is 12.5. The predicted octanol–water partition coefficient (Wildman–Crippen LogP) is 3.02. The zero-order chi connectivity index (χ0) is 22.5. The Morgan fingerprint density at radius 3 is 2.56 bits per heavy atom. The van der Waals surface area contributed by atoms with Gasteiger partial charge in [0, 0.05) is 42.8 Å². The van der Waals surface area contributed by atoms with Crippen LogP contribution in [0, 0.1) is 10.1 Å². The smallest absolute Gasteiger partial charge is 0.310 e. The summed E-state index contributed by atoms with van der Waals surface area (Å²) < 4.78 is 10.8. The van der Waals surface area contributed by atoms with Crippen molar-refractivity contribution >= 4 is 23.2 Å². The molecule has 0 bridgehead atoms. The molecule has 4 rings (SSSR count). The predicted molar refractivity (Wildman–Crippen MR) is 115 cm³/mol. The third-order valence-electron chi connectivity index (χ3n) is 5.07. The van der Waals surface area contributed by atoms with Crippen LogP contribution in [0.5, 0.6) is 5.75 Å². The molecular formula is C21H20ClN5O5. The summed E-state index contributed by atoms with van der Waals surface area (Å²) in [6.45, 7) is 2.52. The Balaban J connectivity index is 1.26. The Bertz CT molecular complexity index is 1100. The number of hydrogen-bond acceptors (Lipinski definition) is 8. The monoisotopic (exact) mass is 457 g/mol. The number of aromatic nitrogens is 2. The summed E-state index contributed by atoms with van der Waals surface area (Å²) in [5.74, 6) is 0.857. The van der Waals surface area contributed by atoms with Crippen molar-refractivity contribution in [1.29, 1.82) is 0 Å². The highest BCUT2D eigenvalue weighted by Gasteiger charge is 2.24. The van der Waals surface area contributed by atoms with Crippen molar-refractivity contribution < 1.29 is 19.0 Å². The summed E-state index contributed by atoms with van der Waals surface area (Å²) in [5.41, 5.74) is 0.654. The fourth-order valence-corrected chi connectivity index (χ4v) is 3.47. The van der Waals surface area contributed by atoms with Crippen LogP contribution in [-0.4, -0.2) is 63.6 Å². The minimum Gasteiger partial charge on any atom is -0.477 e. The average molecular weight is 458 g/mol. The largest absolute Gasteiger partial charge is 0.477 e.